The molecule has 1 fully saturated rings. The van der Waals surface area contributed by atoms with Crippen LogP contribution >= 0.6 is 11.8 Å². The number of hydrogen-bond donors (Lipinski definition) is 0. The van der Waals surface area contributed by atoms with Crippen LogP contribution < -0.4 is 0 Å². The molecule has 0 aromatic heterocycles. The summed E-state index contributed by atoms with van der Waals surface area (Å²) in [7, 11) is 0. The molecule has 0 aliphatic carbocycles. The molecule has 0 bridgehead atoms. The molecule has 0 unspecified atom stereocenters. The van der Waals surface area contributed by atoms with Gasteiger partial charge in [-0.1, -0.05) is 0 Å². The third kappa shape index (κ3) is 1.29. The quantitative estimate of drug-likeness (QED) is 0.462. The highest BCUT2D eigenvalue weighted by molar-refractivity contribution is 6.13. The summed E-state index contributed by atoms with van der Waals surface area (Å²) >= 11 is 5.25. The lowest BCUT2D eigenvalue weighted by Gasteiger charge is -2.04. The molecular weight excluding hydrogens is 136 g/mol. The van der Waals surface area contributed by atoms with Crippen LogP contribution in [-0.2, 0) is 0 Å². The van der Waals surface area contributed by atoms with E-state index < -0.39 is 5.92 Å². The van der Waals surface area contributed by atoms with Gasteiger partial charge in [-0.2, -0.15) is 0 Å². The first-order chi connectivity index (χ1) is 3.60. The maximum absolute atomic E-state index is 12.1. The van der Waals surface area contributed by atoms with Gasteiger partial charge in [0.2, 0.25) is 0 Å². The third-order valence-electron chi connectivity index (χ3n) is 1.12. The highest BCUT2D eigenvalue weighted by atomic mass is 35.5. The van der Waals surface area contributed by atoms with E-state index in [0.29, 0.717) is 6.54 Å². The van der Waals surface area contributed by atoms with Crippen molar-refractivity contribution in [2.24, 2.45) is 0 Å². The van der Waals surface area contributed by atoms with Crippen LogP contribution in [0.4, 0.5) is 8.78 Å². The van der Waals surface area contributed by atoms with Gasteiger partial charge in [0.25, 0.3) is 5.92 Å². The standard InChI is InChI=1S/C4H6ClF2N/c5-8-2-1-4(6,7)3-8/h1-3H2. The molecule has 0 spiro atoms. The van der Waals surface area contributed by atoms with E-state index in [1.165, 1.54) is 0 Å². The summed E-state index contributed by atoms with van der Waals surface area (Å²) in [6.07, 6.45) is -0.101. The normalized spacial score (nSPS) is 28.9. The van der Waals surface area contributed by atoms with Crippen molar-refractivity contribution >= 4 is 11.8 Å². The predicted molar refractivity (Wildman–Crippen MR) is 27.0 cm³/mol. The second kappa shape index (κ2) is 1.81. The first-order valence-corrected chi connectivity index (χ1v) is 2.72. The topological polar surface area (TPSA) is 3.24 Å². The summed E-state index contributed by atoms with van der Waals surface area (Å²) in [6.45, 7) is 0.00309. The van der Waals surface area contributed by atoms with E-state index in [-0.39, 0.29) is 13.0 Å². The minimum Gasteiger partial charge on any atom is -0.214 e. The molecule has 0 radical (unpaired) electrons. The van der Waals surface area contributed by atoms with Crippen molar-refractivity contribution in [1.29, 1.82) is 0 Å². The van der Waals surface area contributed by atoms with Gasteiger partial charge in [0.05, 0.1) is 6.54 Å². The van der Waals surface area contributed by atoms with Crippen LogP contribution in [0.5, 0.6) is 0 Å². The first-order valence-electron chi connectivity index (χ1n) is 2.39. The van der Waals surface area contributed by atoms with E-state index in [0.717, 1.165) is 4.42 Å². The summed E-state index contributed by atoms with van der Waals surface area (Å²) < 4.78 is 25.2. The van der Waals surface area contributed by atoms with Crippen molar-refractivity contribution in [3.8, 4) is 0 Å². The molecule has 1 rings (SSSR count). The lowest BCUT2D eigenvalue weighted by molar-refractivity contribution is 0.0186. The van der Waals surface area contributed by atoms with E-state index in [9.17, 15) is 8.78 Å². The Labute approximate surface area is 51.3 Å². The van der Waals surface area contributed by atoms with Crippen LogP contribution in [-0.4, -0.2) is 23.4 Å². The second-order valence-electron chi connectivity index (χ2n) is 1.95. The minimum absolute atomic E-state index is 0.101. The predicted octanol–water partition coefficient (Wildman–Crippen LogP) is 1.48. The maximum atomic E-state index is 12.1. The molecule has 0 atom stereocenters. The summed E-state index contributed by atoms with van der Waals surface area (Å²) in [5.41, 5.74) is 0. The molecule has 1 saturated heterocycles. The Hall–Kier alpha value is 0.110. The largest absolute Gasteiger partial charge is 0.263 e. The van der Waals surface area contributed by atoms with Gasteiger partial charge in [0.1, 0.15) is 0 Å². The molecule has 0 aromatic rings. The Bertz CT molecular complexity index is 96.0. The Morgan fingerprint density at radius 2 is 2.12 bits per heavy atom. The number of rotatable bonds is 0. The SMILES string of the molecule is FC1(F)CCN(Cl)C1. The molecule has 4 heteroatoms. The molecule has 1 aliphatic heterocycles. The smallest absolute Gasteiger partial charge is 0.214 e. The highest BCUT2D eigenvalue weighted by Crippen LogP contribution is 2.27. The van der Waals surface area contributed by atoms with E-state index in [4.69, 9.17) is 11.8 Å². The van der Waals surface area contributed by atoms with Crippen LogP contribution in [0.1, 0.15) is 6.42 Å². The monoisotopic (exact) mass is 141 g/mol. The van der Waals surface area contributed by atoms with Crippen LogP contribution in [0.2, 0.25) is 0 Å². The van der Waals surface area contributed by atoms with Crippen molar-refractivity contribution in [2.45, 2.75) is 12.3 Å². The number of alkyl halides is 2. The van der Waals surface area contributed by atoms with Gasteiger partial charge in [0, 0.05) is 13.0 Å². The zero-order chi connectivity index (χ0) is 6.20. The van der Waals surface area contributed by atoms with E-state index >= 15 is 0 Å². The summed E-state index contributed by atoms with van der Waals surface area (Å²) in [5, 5.41) is 0. The minimum atomic E-state index is -2.54. The highest BCUT2D eigenvalue weighted by Gasteiger charge is 2.37. The molecule has 1 aliphatic rings. The van der Waals surface area contributed by atoms with Crippen LogP contribution in [0.3, 0.4) is 0 Å². The van der Waals surface area contributed by atoms with Crippen molar-refractivity contribution < 1.29 is 8.78 Å². The molecule has 1 nitrogen and oxygen atoms in total. The molecule has 0 saturated carbocycles. The lowest BCUT2D eigenvalue weighted by Crippen LogP contribution is -2.18. The molecule has 0 aromatic carbocycles. The van der Waals surface area contributed by atoms with Gasteiger partial charge in [-0.05, 0) is 11.8 Å². The van der Waals surface area contributed by atoms with Crippen LogP contribution in [0.15, 0.2) is 0 Å². The summed E-state index contributed by atoms with van der Waals surface area (Å²) in [4.78, 5) is 0. The molecule has 8 heavy (non-hydrogen) atoms. The fourth-order valence-corrected chi connectivity index (χ4v) is 0.953. The number of halogens is 3. The van der Waals surface area contributed by atoms with E-state index in [1.807, 2.05) is 0 Å². The van der Waals surface area contributed by atoms with Gasteiger partial charge in [-0.15, -0.1) is 0 Å². The Kier molecular flexibility index (Phi) is 1.41. The number of nitrogens with zero attached hydrogens (tertiary/aromatic N) is 1. The van der Waals surface area contributed by atoms with Gasteiger partial charge < -0.3 is 0 Å². The molecule has 48 valence electrons. The van der Waals surface area contributed by atoms with Crippen molar-refractivity contribution in [3.05, 3.63) is 0 Å². The van der Waals surface area contributed by atoms with E-state index in [2.05, 4.69) is 0 Å². The maximum Gasteiger partial charge on any atom is 0.263 e. The zero-order valence-electron chi connectivity index (χ0n) is 4.20. The fourth-order valence-electron chi connectivity index (χ4n) is 0.694. The van der Waals surface area contributed by atoms with Gasteiger partial charge in [-0.25, -0.2) is 13.2 Å². The zero-order valence-corrected chi connectivity index (χ0v) is 4.96. The van der Waals surface area contributed by atoms with Gasteiger partial charge in [-0.3, -0.25) is 0 Å². The Morgan fingerprint density at radius 3 is 2.25 bits per heavy atom. The fraction of sp³-hybridized carbons (Fsp3) is 1.00. The molecular formula is C4H6ClF2N. The second-order valence-corrected chi connectivity index (χ2v) is 2.43. The Morgan fingerprint density at radius 1 is 1.50 bits per heavy atom. The average molecular weight is 142 g/mol. The average Bonchev–Trinajstić information content (AvgIpc) is 1.82. The third-order valence-corrected chi connectivity index (χ3v) is 1.41. The molecule has 0 amide bonds. The summed E-state index contributed by atoms with van der Waals surface area (Å²) in [6, 6.07) is 0. The van der Waals surface area contributed by atoms with E-state index in [1.54, 1.807) is 0 Å². The Balaban J connectivity index is 2.44. The molecule has 1 heterocycles. The number of hydrogen-bond acceptors (Lipinski definition) is 1. The van der Waals surface area contributed by atoms with Crippen molar-refractivity contribution in [2.75, 3.05) is 13.1 Å². The molecule has 0 N–H and O–H groups in total. The van der Waals surface area contributed by atoms with Crippen LogP contribution in [0, 0.1) is 0 Å². The van der Waals surface area contributed by atoms with Gasteiger partial charge >= 0.3 is 0 Å². The lowest BCUT2D eigenvalue weighted by atomic mass is 10.3. The summed E-state index contributed by atoms with van der Waals surface area (Å²) in [5.74, 6) is -2.54. The van der Waals surface area contributed by atoms with Crippen molar-refractivity contribution in [3.63, 3.8) is 0 Å². The first kappa shape index (κ1) is 6.23. The van der Waals surface area contributed by atoms with Crippen molar-refractivity contribution in [1.82, 2.24) is 4.42 Å². The van der Waals surface area contributed by atoms with Crippen LogP contribution in [0.25, 0.3) is 0 Å². The van der Waals surface area contributed by atoms with Gasteiger partial charge in [0.15, 0.2) is 0 Å².